The Balaban J connectivity index is 1.95. The van der Waals surface area contributed by atoms with E-state index in [-0.39, 0.29) is 11.5 Å². The quantitative estimate of drug-likeness (QED) is 0.674. The summed E-state index contributed by atoms with van der Waals surface area (Å²) in [6.07, 6.45) is 2.62. The number of hydrogen-bond donors (Lipinski definition) is 0. The van der Waals surface area contributed by atoms with Crippen LogP contribution in [-0.2, 0) is 4.74 Å². The van der Waals surface area contributed by atoms with Crippen LogP contribution in [0.5, 0.6) is 0 Å². The third-order valence-electron chi connectivity index (χ3n) is 4.96. The van der Waals surface area contributed by atoms with Gasteiger partial charge in [-0.05, 0) is 45.2 Å². The maximum atomic E-state index is 14.5. The molecule has 1 aromatic carbocycles. The first-order valence-electron chi connectivity index (χ1n) is 9.09. The third kappa shape index (κ3) is 3.51. The molecule has 1 aliphatic heterocycles. The summed E-state index contributed by atoms with van der Waals surface area (Å²) in [5, 5.41) is 0. The molecule has 1 atom stereocenters. The molecule has 0 spiro atoms. The third-order valence-corrected chi connectivity index (χ3v) is 4.96. The lowest BCUT2D eigenvalue weighted by Gasteiger charge is -2.15. The number of hydrogen-bond acceptors (Lipinski definition) is 5. The topological polar surface area (TPSA) is 60.8 Å². The molecular formula is C20H20F2N4O. The van der Waals surface area contributed by atoms with Crippen LogP contribution in [-0.4, -0.2) is 33.1 Å². The van der Waals surface area contributed by atoms with E-state index < -0.39 is 11.6 Å². The zero-order valence-electron chi connectivity index (χ0n) is 15.3. The number of aromatic nitrogens is 4. The summed E-state index contributed by atoms with van der Waals surface area (Å²) in [6, 6.07) is 3.47. The highest BCUT2D eigenvalue weighted by atomic mass is 19.1. The van der Waals surface area contributed by atoms with Crippen LogP contribution >= 0.6 is 0 Å². The van der Waals surface area contributed by atoms with Gasteiger partial charge < -0.3 is 4.74 Å². The molecule has 140 valence electrons. The average molecular weight is 370 g/mol. The van der Waals surface area contributed by atoms with Gasteiger partial charge in [0.15, 0.2) is 5.65 Å². The molecule has 27 heavy (non-hydrogen) atoms. The first kappa shape index (κ1) is 17.9. The number of fused-ring (bicyclic) bond motifs is 1. The van der Waals surface area contributed by atoms with Gasteiger partial charge in [0.25, 0.3) is 0 Å². The fraction of sp³-hybridized carbons (Fsp3) is 0.400. The molecule has 1 fully saturated rings. The number of rotatable bonds is 2. The van der Waals surface area contributed by atoms with Gasteiger partial charge in [-0.3, -0.25) is 0 Å². The Bertz CT molecular complexity index is 1000. The molecule has 0 N–H and O–H groups in total. The van der Waals surface area contributed by atoms with Gasteiger partial charge in [0.1, 0.15) is 28.7 Å². The van der Waals surface area contributed by atoms with E-state index >= 15 is 0 Å². The Labute approximate surface area is 155 Å². The van der Waals surface area contributed by atoms with Gasteiger partial charge in [0, 0.05) is 30.8 Å². The Hall–Kier alpha value is -2.54. The van der Waals surface area contributed by atoms with Gasteiger partial charge in [-0.25, -0.2) is 28.7 Å². The highest BCUT2D eigenvalue weighted by Gasteiger charge is 2.22. The van der Waals surface area contributed by atoms with Crippen molar-refractivity contribution >= 4 is 11.2 Å². The number of benzene rings is 1. The van der Waals surface area contributed by atoms with E-state index in [0.29, 0.717) is 29.3 Å². The molecule has 4 rings (SSSR count). The average Bonchev–Trinajstić information content (AvgIpc) is 2.92. The van der Waals surface area contributed by atoms with Crippen LogP contribution in [0, 0.1) is 25.5 Å². The summed E-state index contributed by atoms with van der Waals surface area (Å²) in [5.41, 5.74) is 2.91. The lowest BCUT2D eigenvalue weighted by atomic mass is 9.99. The van der Waals surface area contributed by atoms with E-state index in [0.717, 1.165) is 43.3 Å². The van der Waals surface area contributed by atoms with E-state index in [1.165, 1.54) is 12.1 Å². The second-order valence-electron chi connectivity index (χ2n) is 6.86. The summed E-state index contributed by atoms with van der Waals surface area (Å²) in [4.78, 5) is 18.4. The van der Waals surface area contributed by atoms with Crippen molar-refractivity contribution in [2.24, 2.45) is 0 Å². The number of ether oxygens (including phenoxy) is 1. The Morgan fingerprint density at radius 3 is 2.59 bits per heavy atom. The molecule has 0 bridgehead atoms. The summed E-state index contributed by atoms with van der Waals surface area (Å²) >= 11 is 0. The summed E-state index contributed by atoms with van der Waals surface area (Å²) < 4.78 is 33.4. The van der Waals surface area contributed by atoms with Gasteiger partial charge in [0.2, 0.25) is 0 Å². The molecule has 1 unspecified atom stereocenters. The van der Waals surface area contributed by atoms with Crippen molar-refractivity contribution < 1.29 is 13.5 Å². The van der Waals surface area contributed by atoms with Crippen molar-refractivity contribution in [2.75, 3.05) is 13.2 Å². The highest BCUT2D eigenvalue weighted by molar-refractivity contribution is 5.87. The van der Waals surface area contributed by atoms with Gasteiger partial charge in [-0.1, -0.05) is 0 Å². The molecule has 0 saturated carbocycles. The fourth-order valence-electron chi connectivity index (χ4n) is 3.34. The Morgan fingerprint density at radius 1 is 0.963 bits per heavy atom. The van der Waals surface area contributed by atoms with Gasteiger partial charge in [0.05, 0.1) is 11.4 Å². The minimum Gasteiger partial charge on any atom is -0.381 e. The van der Waals surface area contributed by atoms with Crippen molar-refractivity contribution in [2.45, 2.75) is 39.0 Å². The predicted octanol–water partition coefficient (Wildman–Crippen LogP) is 4.27. The standard InChI is InChI=1S/C20H20F2N4O/c1-11-12(2)24-20-18(23-11)17(15-6-5-14(21)10-16(15)22)25-19(26-20)13-4-3-8-27-9-7-13/h5-6,10,13H,3-4,7-9H2,1-2H3. The minimum atomic E-state index is -0.676. The lowest BCUT2D eigenvalue weighted by molar-refractivity contribution is 0.143. The molecule has 0 amide bonds. The van der Waals surface area contributed by atoms with E-state index in [2.05, 4.69) is 19.9 Å². The number of nitrogens with zero attached hydrogens (tertiary/aromatic N) is 4. The van der Waals surface area contributed by atoms with Crippen LogP contribution in [0.3, 0.4) is 0 Å². The van der Waals surface area contributed by atoms with Crippen LogP contribution in [0.1, 0.15) is 42.4 Å². The van der Waals surface area contributed by atoms with Crippen molar-refractivity contribution in [3.05, 3.63) is 47.0 Å². The molecule has 3 heterocycles. The van der Waals surface area contributed by atoms with Crippen LogP contribution in [0.25, 0.3) is 22.4 Å². The molecule has 7 heteroatoms. The van der Waals surface area contributed by atoms with Crippen LogP contribution in [0.4, 0.5) is 8.78 Å². The predicted molar refractivity (Wildman–Crippen MR) is 97.4 cm³/mol. The zero-order chi connectivity index (χ0) is 19.0. The normalized spacial score (nSPS) is 17.9. The molecule has 1 saturated heterocycles. The van der Waals surface area contributed by atoms with Crippen LogP contribution in [0.2, 0.25) is 0 Å². The second kappa shape index (κ2) is 7.23. The monoisotopic (exact) mass is 370 g/mol. The zero-order valence-corrected chi connectivity index (χ0v) is 15.3. The summed E-state index contributed by atoms with van der Waals surface area (Å²) in [6.45, 7) is 5.07. The van der Waals surface area contributed by atoms with Crippen molar-refractivity contribution in [3.8, 4) is 11.3 Å². The smallest absolute Gasteiger partial charge is 0.182 e. The number of halogens is 2. The molecule has 3 aromatic rings. The van der Waals surface area contributed by atoms with E-state index in [1.54, 1.807) is 0 Å². The van der Waals surface area contributed by atoms with Crippen molar-refractivity contribution in [3.63, 3.8) is 0 Å². The second-order valence-corrected chi connectivity index (χ2v) is 6.86. The Morgan fingerprint density at radius 2 is 1.78 bits per heavy atom. The molecule has 0 radical (unpaired) electrons. The van der Waals surface area contributed by atoms with E-state index in [9.17, 15) is 8.78 Å². The van der Waals surface area contributed by atoms with Crippen molar-refractivity contribution in [1.29, 1.82) is 0 Å². The minimum absolute atomic E-state index is 0.113. The maximum absolute atomic E-state index is 14.5. The highest BCUT2D eigenvalue weighted by Crippen LogP contribution is 2.31. The lowest BCUT2D eigenvalue weighted by Crippen LogP contribution is -2.09. The fourth-order valence-corrected chi connectivity index (χ4v) is 3.34. The van der Waals surface area contributed by atoms with E-state index in [1.807, 2.05) is 13.8 Å². The first-order valence-corrected chi connectivity index (χ1v) is 9.09. The summed E-state index contributed by atoms with van der Waals surface area (Å²) in [7, 11) is 0. The molecule has 2 aromatic heterocycles. The van der Waals surface area contributed by atoms with Gasteiger partial charge in [-0.15, -0.1) is 0 Å². The molecule has 1 aliphatic rings. The Kier molecular flexibility index (Phi) is 4.78. The van der Waals surface area contributed by atoms with Gasteiger partial charge in [-0.2, -0.15) is 0 Å². The molecule has 5 nitrogen and oxygen atoms in total. The first-order chi connectivity index (χ1) is 13.0. The van der Waals surface area contributed by atoms with Gasteiger partial charge >= 0.3 is 0 Å². The number of aryl methyl sites for hydroxylation is 2. The molecular weight excluding hydrogens is 350 g/mol. The van der Waals surface area contributed by atoms with Crippen LogP contribution in [0.15, 0.2) is 18.2 Å². The largest absolute Gasteiger partial charge is 0.381 e. The SMILES string of the molecule is Cc1nc2nc(C3CCCOCC3)nc(-c3ccc(F)cc3F)c2nc1C. The molecule has 0 aliphatic carbocycles. The van der Waals surface area contributed by atoms with E-state index in [4.69, 9.17) is 4.74 Å². The van der Waals surface area contributed by atoms with Crippen LogP contribution < -0.4 is 0 Å². The summed E-state index contributed by atoms with van der Waals surface area (Å²) in [5.74, 6) is -0.578. The maximum Gasteiger partial charge on any atom is 0.182 e. The van der Waals surface area contributed by atoms with Crippen molar-refractivity contribution in [1.82, 2.24) is 19.9 Å².